The van der Waals surface area contributed by atoms with Crippen molar-refractivity contribution in [2.75, 3.05) is 5.75 Å². The van der Waals surface area contributed by atoms with Gasteiger partial charge in [-0.3, -0.25) is 14.2 Å². The summed E-state index contributed by atoms with van der Waals surface area (Å²) in [6.45, 7) is 4.14. The molecule has 3 rings (SSSR count). The number of nitrogens with zero attached hydrogens (tertiary/aromatic N) is 2. The first-order valence-electron chi connectivity index (χ1n) is 8.27. The minimum Gasteiger partial charge on any atom is -0.293 e. The third-order valence-electron chi connectivity index (χ3n) is 4.26. The zero-order chi connectivity index (χ0) is 18.0. The van der Waals surface area contributed by atoms with Gasteiger partial charge >= 0.3 is 0 Å². The number of hydrogen-bond donors (Lipinski definition) is 0. The monoisotopic (exact) mass is 372 g/mol. The average molecular weight is 373 g/mol. The van der Waals surface area contributed by atoms with E-state index in [9.17, 15) is 9.59 Å². The van der Waals surface area contributed by atoms with Crippen molar-refractivity contribution >= 4 is 39.1 Å². The molecule has 0 saturated heterocycles. The van der Waals surface area contributed by atoms with E-state index in [0.717, 1.165) is 34.4 Å². The second-order valence-corrected chi connectivity index (χ2v) is 7.65. The lowest BCUT2D eigenvalue weighted by molar-refractivity contribution is 0.102. The fraction of sp³-hybridized carbons (Fsp3) is 0.316. The second-order valence-electron chi connectivity index (χ2n) is 5.81. The fourth-order valence-corrected chi connectivity index (χ4v) is 4.39. The molecule has 0 bridgehead atoms. The molecule has 0 amide bonds. The van der Waals surface area contributed by atoms with Crippen molar-refractivity contribution in [2.45, 2.75) is 31.8 Å². The largest absolute Gasteiger partial charge is 0.293 e. The Labute approximate surface area is 154 Å². The highest BCUT2D eigenvalue weighted by molar-refractivity contribution is 7.99. The van der Waals surface area contributed by atoms with Gasteiger partial charge in [0, 0.05) is 12.6 Å². The first kappa shape index (κ1) is 17.9. The van der Waals surface area contributed by atoms with Gasteiger partial charge in [0.25, 0.3) is 5.56 Å². The Morgan fingerprint density at radius 2 is 2.04 bits per heavy atom. The Morgan fingerprint density at radius 1 is 1.24 bits per heavy atom. The summed E-state index contributed by atoms with van der Waals surface area (Å²) in [5.74, 6) is 0.356. The molecule has 0 aliphatic carbocycles. The van der Waals surface area contributed by atoms with Crippen molar-refractivity contribution in [1.82, 2.24) is 9.55 Å². The normalized spacial score (nSPS) is 11.2. The quantitative estimate of drug-likeness (QED) is 0.371. The van der Waals surface area contributed by atoms with Gasteiger partial charge < -0.3 is 0 Å². The van der Waals surface area contributed by atoms with Crippen LogP contribution in [0.4, 0.5) is 0 Å². The predicted molar refractivity (Wildman–Crippen MR) is 105 cm³/mol. The Hall–Kier alpha value is -1.92. The molecule has 0 N–H and O–H groups in total. The zero-order valence-corrected chi connectivity index (χ0v) is 16.2. The molecule has 6 heteroatoms. The summed E-state index contributed by atoms with van der Waals surface area (Å²) in [6.07, 6.45) is 1.73. The molecular weight excluding hydrogens is 352 g/mol. The summed E-state index contributed by atoms with van der Waals surface area (Å²) in [7, 11) is 1.70. The van der Waals surface area contributed by atoms with Crippen LogP contribution in [0.25, 0.3) is 10.2 Å². The van der Waals surface area contributed by atoms with Gasteiger partial charge in [0.15, 0.2) is 10.9 Å². The van der Waals surface area contributed by atoms with Crippen LogP contribution in [-0.4, -0.2) is 21.1 Å². The summed E-state index contributed by atoms with van der Waals surface area (Å²) in [6, 6.07) is 7.91. The molecule has 4 nitrogen and oxygen atoms in total. The Balaban J connectivity index is 1.86. The first-order chi connectivity index (χ1) is 12.0. The number of rotatable bonds is 6. The number of benzene rings is 1. The number of aromatic nitrogens is 2. The van der Waals surface area contributed by atoms with Crippen LogP contribution in [0.1, 0.15) is 35.3 Å². The molecule has 0 fully saturated rings. The van der Waals surface area contributed by atoms with E-state index in [-0.39, 0.29) is 17.1 Å². The molecular formula is C19H20N2O2S2. The van der Waals surface area contributed by atoms with E-state index in [1.807, 2.05) is 17.5 Å². The maximum Gasteiger partial charge on any atom is 0.262 e. The molecule has 2 heterocycles. The van der Waals surface area contributed by atoms with Crippen LogP contribution < -0.4 is 5.56 Å². The molecule has 1 aromatic carbocycles. The van der Waals surface area contributed by atoms with Gasteiger partial charge in [0.2, 0.25) is 0 Å². The molecule has 0 aliphatic heterocycles. The fourth-order valence-electron chi connectivity index (χ4n) is 2.73. The molecule has 3 aromatic rings. The second kappa shape index (κ2) is 7.54. The summed E-state index contributed by atoms with van der Waals surface area (Å²) >= 11 is 2.77. The van der Waals surface area contributed by atoms with Gasteiger partial charge in [-0.05, 0) is 41.5 Å². The number of carbonyl (C=O) groups is 1. The van der Waals surface area contributed by atoms with E-state index in [1.54, 1.807) is 13.1 Å². The molecule has 0 aliphatic rings. The summed E-state index contributed by atoms with van der Waals surface area (Å²) in [5, 5.41) is 3.08. The van der Waals surface area contributed by atoms with E-state index in [1.165, 1.54) is 27.7 Å². The van der Waals surface area contributed by atoms with Crippen LogP contribution in [0.3, 0.4) is 0 Å². The van der Waals surface area contributed by atoms with Crippen molar-refractivity contribution in [3.63, 3.8) is 0 Å². The molecule has 2 aromatic heterocycles. The van der Waals surface area contributed by atoms with E-state index in [2.05, 4.69) is 24.9 Å². The SMILES string of the molecule is CCc1ccc(CC)c(C(=O)CSc2nc3sccc3c(=O)n2C)c1. The van der Waals surface area contributed by atoms with Crippen LogP contribution in [0.15, 0.2) is 39.6 Å². The van der Waals surface area contributed by atoms with Crippen LogP contribution >= 0.6 is 23.1 Å². The predicted octanol–water partition coefficient (Wildman–Crippen LogP) is 4.09. The molecule has 0 spiro atoms. The minimum atomic E-state index is -0.0663. The lowest BCUT2D eigenvalue weighted by Crippen LogP contribution is -2.19. The third kappa shape index (κ3) is 3.55. The molecule has 0 saturated carbocycles. The van der Waals surface area contributed by atoms with E-state index in [4.69, 9.17) is 0 Å². The topological polar surface area (TPSA) is 52.0 Å². The highest BCUT2D eigenvalue weighted by Gasteiger charge is 2.15. The van der Waals surface area contributed by atoms with Gasteiger partial charge in [-0.1, -0.05) is 37.7 Å². The number of thiophene rings is 1. The third-order valence-corrected chi connectivity index (χ3v) is 6.10. The summed E-state index contributed by atoms with van der Waals surface area (Å²) in [4.78, 5) is 30.3. The highest BCUT2D eigenvalue weighted by Crippen LogP contribution is 2.22. The summed E-state index contributed by atoms with van der Waals surface area (Å²) in [5.41, 5.74) is 2.95. The number of hydrogen-bond acceptors (Lipinski definition) is 5. The van der Waals surface area contributed by atoms with E-state index >= 15 is 0 Å². The van der Waals surface area contributed by atoms with Crippen molar-refractivity contribution in [3.05, 3.63) is 56.7 Å². The zero-order valence-electron chi connectivity index (χ0n) is 14.5. The van der Waals surface area contributed by atoms with Crippen molar-refractivity contribution in [3.8, 4) is 0 Å². The number of thioether (sulfide) groups is 1. The lowest BCUT2D eigenvalue weighted by atomic mass is 9.98. The van der Waals surface area contributed by atoms with Crippen molar-refractivity contribution in [1.29, 1.82) is 0 Å². The van der Waals surface area contributed by atoms with Crippen LogP contribution in [0, 0.1) is 0 Å². The first-order valence-corrected chi connectivity index (χ1v) is 10.1. The Kier molecular flexibility index (Phi) is 5.39. The molecule has 0 atom stereocenters. The van der Waals surface area contributed by atoms with Crippen LogP contribution in [0.5, 0.6) is 0 Å². The Bertz CT molecular complexity index is 989. The number of fused-ring (bicyclic) bond motifs is 1. The molecule has 0 unspecified atom stereocenters. The maximum absolute atomic E-state index is 12.7. The van der Waals surface area contributed by atoms with E-state index in [0.29, 0.717) is 10.5 Å². The van der Waals surface area contributed by atoms with Crippen LogP contribution in [0.2, 0.25) is 0 Å². The average Bonchev–Trinajstić information content (AvgIpc) is 3.11. The smallest absolute Gasteiger partial charge is 0.262 e. The van der Waals surface area contributed by atoms with Gasteiger partial charge in [-0.2, -0.15) is 0 Å². The van der Waals surface area contributed by atoms with Gasteiger partial charge in [0.05, 0.1) is 11.1 Å². The van der Waals surface area contributed by atoms with Crippen LogP contribution in [-0.2, 0) is 19.9 Å². The number of carbonyl (C=O) groups excluding carboxylic acids is 1. The minimum absolute atomic E-state index is 0.0663. The lowest BCUT2D eigenvalue weighted by Gasteiger charge is -2.10. The number of aryl methyl sites for hydroxylation is 2. The number of ketones is 1. The summed E-state index contributed by atoms with van der Waals surface area (Å²) < 4.78 is 1.52. The van der Waals surface area contributed by atoms with Gasteiger partial charge in [-0.25, -0.2) is 4.98 Å². The van der Waals surface area contributed by atoms with E-state index < -0.39 is 0 Å². The van der Waals surface area contributed by atoms with Gasteiger partial charge in [0.1, 0.15) is 4.83 Å². The standard InChI is InChI=1S/C19H20N2O2S2/c1-4-12-6-7-13(5-2)15(10-12)16(22)11-25-19-20-17-14(8-9-24-17)18(23)21(19)3/h6-10H,4-5,11H2,1-3H3. The maximum atomic E-state index is 12.7. The van der Waals surface area contributed by atoms with Crippen molar-refractivity contribution < 1.29 is 4.79 Å². The Morgan fingerprint density at radius 3 is 2.76 bits per heavy atom. The molecule has 25 heavy (non-hydrogen) atoms. The van der Waals surface area contributed by atoms with Gasteiger partial charge in [-0.15, -0.1) is 11.3 Å². The molecule has 130 valence electrons. The van der Waals surface area contributed by atoms with Crippen molar-refractivity contribution in [2.24, 2.45) is 7.05 Å². The highest BCUT2D eigenvalue weighted by atomic mass is 32.2. The molecule has 0 radical (unpaired) electrons. The number of Topliss-reactive ketones (excluding diaryl/α,β-unsaturated/α-hetero) is 1.